The molecule has 0 saturated heterocycles. The highest BCUT2D eigenvalue weighted by Crippen LogP contribution is 2.77. The number of rotatable bonds is 5. The SMILES string of the molecule is CC(=O)O[C@@H]1C(C)=C[C@H]2[C@@H]3C(C)(C)[C@]3(OC(=O)C(C)C)[C@H](OC(=O)c3ccccc3)[C@@H](C)[C@]2(O)[C@@H]2C=C(C)C(=O)[C@@H]12. The highest BCUT2D eigenvalue weighted by molar-refractivity contribution is 6.00. The van der Waals surface area contributed by atoms with Gasteiger partial charge >= 0.3 is 17.9 Å². The normalized spacial score (nSPS) is 38.4. The number of ether oxygens (including phenoxy) is 3. The molecule has 2 fully saturated rings. The molecule has 0 bridgehead atoms. The number of hydrogen-bond donors (Lipinski definition) is 1. The fourth-order valence-electron chi connectivity index (χ4n) is 8.12. The molecule has 0 heterocycles. The van der Waals surface area contributed by atoms with Crippen LogP contribution in [0.4, 0.5) is 0 Å². The van der Waals surface area contributed by atoms with Crippen molar-refractivity contribution in [2.75, 3.05) is 0 Å². The highest BCUT2D eigenvalue weighted by atomic mass is 16.6. The van der Waals surface area contributed by atoms with Gasteiger partial charge in [0.2, 0.25) is 0 Å². The Morgan fingerprint density at radius 3 is 2.20 bits per heavy atom. The van der Waals surface area contributed by atoms with E-state index in [1.165, 1.54) is 6.92 Å². The van der Waals surface area contributed by atoms with Crippen molar-refractivity contribution in [1.82, 2.24) is 0 Å². The number of carbonyl (C=O) groups excluding carboxylic acids is 4. The number of Topliss-reactive ketones (excluding diaryl/α,β-unsaturated/α-hetero) is 1. The van der Waals surface area contributed by atoms with Crippen molar-refractivity contribution in [3.63, 3.8) is 0 Å². The van der Waals surface area contributed by atoms with Crippen LogP contribution in [-0.4, -0.2) is 52.2 Å². The summed E-state index contributed by atoms with van der Waals surface area (Å²) >= 11 is 0. The van der Waals surface area contributed by atoms with E-state index in [2.05, 4.69) is 0 Å². The lowest BCUT2D eigenvalue weighted by molar-refractivity contribution is -0.212. The van der Waals surface area contributed by atoms with E-state index in [-0.39, 0.29) is 5.78 Å². The lowest BCUT2D eigenvalue weighted by Gasteiger charge is -2.52. The van der Waals surface area contributed by atoms with E-state index >= 15 is 0 Å². The minimum Gasteiger partial charge on any atom is -0.457 e. The Kier molecular flexibility index (Phi) is 6.88. The van der Waals surface area contributed by atoms with Crippen molar-refractivity contribution >= 4 is 23.7 Å². The zero-order chi connectivity index (χ0) is 30.2. The standard InChI is InChI=1S/C33H40O8/c1-16(2)29(36)41-33-27(31(33,7)8)23-15-18(4)26(39-20(6)34)24-22(14-17(3)25(24)35)32(23,38)19(5)28(33)40-30(37)21-12-10-9-11-13-21/h9-16,19,22-24,26-28,38H,1-8H3/t19-,22-,23+,24+,26-,27-,28-,32+,33-/m1/s1. The van der Waals surface area contributed by atoms with E-state index in [4.69, 9.17) is 14.2 Å². The van der Waals surface area contributed by atoms with E-state index in [1.807, 2.05) is 19.9 Å². The molecule has 0 radical (unpaired) electrons. The van der Waals surface area contributed by atoms with Gasteiger partial charge in [-0.1, -0.05) is 65.0 Å². The van der Waals surface area contributed by atoms with Gasteiger partial charge in [-0.25, -0.2) is 4.79 Å². The summed E-state index contributed by atoms with van der Waals surface area (Å²) in [6, 6.07) is 8.56. The fourth-order valence-corrected chi connectivity index (χ4v) is 8.12. The van der Waals surface area contributed by atoms with E-state index in [0.717, 1.165) is 0 Å². The molecule has 4 aliphatic rings. The molecule has 8 nitrogen and oxygen atoms in total. The van der Waals surface area contributed by atoms with Gasteiger partial charge in [-0.3, -0.25) is 14.4 Å². The molecule has 1 aromatic rings. The molecule has 0 unspecified atom stereocenters. The van der Waals surface area contributed by atoms with E-state index < -0.39 is 82.2 Å². The van der Waals surface area contributed by atoms with E-state index in [0.29, 0.717) is 16.7 Å². The maximum atomic E-state index is 13.5. The Morgan fingerprint density at radius 1 is 0.976 bits per heavy atom. The largest absolute Gasteiger partial charge is 0.457 e. The third-order valence-corrected chi connectivity index (χ3v) is 10.2. The van der Waals surface area contributed by atoms with Crippen LogP contribution in [0.25, 0.3) is 0 Å². The van der Waals surface area contributed by atoms with E-state index in [9.17, 15) is 24.3 Å². The summed E-state index contributed by atoms with van der Waals surface area (Å²) in [7, 11) is 0. The van der Waals surface area contributed by atoms with Crippen LogP contribution in [0.3, 0.4) is 0 Å². The van der Waals surface area contributed by atoms with Gasteiger partial charge in [-0.15, -0.1) is 0 Å². The number of esters is 3. The van der Waals surface area contributed by atoms with Gasteiger partial charge in [0.25, 0.3) is 0 Å². The van der Waals surface area contributed by atoms with Gasteiger partial charge in [-0.2, -0.15) is 0 Å². The number of aliphatic hydroxyl groups is 1. The molecule has 0 aliphatic heterocycles. The van der Waals surface area contributed by atoms with Crippen molar-refractivity contribution in [3.05, 3.63) is 59.2 Å². The van der Waals surface area contributed by atoms with Crippen molar-refractivity contribution in [3.8, 4) is 0 Å². The Morgan fingerprint density at radius 2 is 1.61 bits per heavy atom. The average Bonchev–Trinajstić information content (AvgIpc) is 3.27. The van der Waals surface area contributed by atoms with Crippen LogP contribution < -0.4 is 0 Å². The minimum atomic E-state index is -1.58. The van der Waals surface area contributed by atoms with Crippen LogP contribution in [0.1, 0.15) is 65.7 Å². The zero-order valence-electron chi connectivity index (χ0n) is 25.0. The monoisotopic (exact) mass is 564 g/mol. The number of carbonyl (C=O) groups is 4. The summed E-state index contributed by atoms with van der Waals surface area (Å²) < 4.78 is 18.3. The van der Waals surface area contributed by atoms with Crippen LogP contribution in [0.2, 0.25) is 0 Å². The molecule has 0 amide bonds. The first-order valence-electron chi connectivity index (χ1n) is 14.4. The summed E-state index contributed by atoms with van der Waals surface area (Å²) in [5.74, 6) is -5.48. The molecule has 4 aliphatic carbocycles. The Hall–Kier alpha value is -3.26. The lowest BCUT2D eigenvalue weighted by Crippen LogP contribution is -2.64. The summed E-state index contributed by atoms with van der Waals surface area (Å²) in [4.78, 5) is 52.4. The average molecular weight is 565 g/mol. The molecular weight excluding hydrogens is 524 g/mol. The molecule has 2 saturated carbocycles. The Bertz CT molecular complexity index is 1360. The predicted octanol–water partition coefficient (Wildman–Crippen LogP) is 4.46. The molecule has 1 N–H and O–H groups in total. The second-order valence-electron chi connectivity index (χ2n) is 13.2. The molecule has 5 rings (SSSR count). The van der Waals surface area contributed by atoms with Crippen molar-refractivity contribution in [1.29, 1.82) is 0 Å². The first-order valence-corrected chi connectivity index (χ1v) is 14.4. The summed E-state index contributed by atoms with van der Waals surface area (Å²) in [5, 5.41) is 12.9. The quantitative estimate of drug-likeness (QED) is 0.317. The minimum absolute atomic E-state index is 0.189. The second-order valence-corrected chi connectivity index (χ2v) is 13.2. The van der Waals surface area contributed by atoms with Crippen LogP contribution in [0, 0.1) is 40.9 Å². The summed E-state index contributed by atoms with van der Waals surface area (Å²) in [6.07, 6.45) is 1.80. The number of fused-ring (bicyclic) bond motifs is 5. The van der Waals surface area contributed by atoms with Crippen LogP contribution >= 0.6 is 0 Å². The summed E-state index contributed by atoms with van der Waals surface area (Å²) in [5.41, 5.74) is -2.01. The Labute approximate surface area is 241 Å². The Balaban J connectivity index is 1.70. The molecule has 41 heavy (non-hydrogen) atoms. The van der Waals surface area contributed by atoms with Gasteiger partial charge in [0, 0.05) is 36.0 Å². The molecule has 8 heteroatoms. The lowest BCUT2D eigenvalue weighted by atomic mass is 9.59. The third-order valence-electron chi connectivity index (χ3n) is 10.2. The molecular formula is C33H40O8. The first kappa shape index (κ1) is 29.2. The van der Waals surface area contributed by atoms with Gasteiger partial charge in [-0.05, 0) is 37.1 Å². The smallest absolute Gasteiger partial charge is 0.338 e. The zero-order valence-corrected chi connectivity index (χ0v) is 25.0. The van der Waals surface area contributed by atoms with Crippen LogP contribution in [-0.2, 0) is 28.6 Å². The number of ketones is 1. The number of benzene rings is 1. The predicted molar refractivity (Wildman–Crippen MR) is 149 cm³/mol. The second kappa shape index (κ2) is 9.65. The highest BCUT2D eigenvalue weighted by Gasteiger charge is 2.87. The van der Waals surface area contributed by atoms with E-state index in [1.54, 1.807) is 71.0 Å². The van der Waals surface area contributed by atoms with Gasteiger partial charge in [0.05, 0.1) is 23.0 Å². The van der Waals surface area contributed by atoms with Crippen LogP contribution in [0.15, 0.2) is 53.6 Å². The summed E-state index contributed by atoms with van der Waals surface area (Å²) in [6.45, 7) is 14.0. The van der Waals surface area contributed by atoms with Crippen molar-refractivity contribution < 1.29 is 38.5 Å². The molecule has 220 valence electrons. The maximum Gasteiger partial charge on any atom is 0.338 e. The van der Waals surface area contributed by atoms with Gasteiger partial charge < -0.3 is 19.3 Å². The van der Waals surface area contributed by atoms with Gasteiger partial charge in [0.15, 0.2) is 11.4 Å². The van der Waals surface area contributed by atoms with Crippen molar-refractivity contribution in [2.24, 2.45) is 40.9 Å². The number of allylic oxidation sites excluding steroid dienone is 1. The first-order chi connectivity index (χ1) is 19.1. The third kappa shape index (κ3) is 4.04. The topological polar surface area (TPSA) is 116 Å². The number of hydrogen-bond acceptors (Lipinski definition) is 8. The fraction of sp³-hybridized carbons (Fsp3) is 0.576. The molecule has 9 atom stereocenters. The van der Waals surface area contributed by atoms with Gasteiger partial charge in [0.1, 0.15) is 12.2 Å². The molecule has 1 aromatic carbocycles. The maximum absolute atomic E-state index is 13.5. The van der Waals surface area contributed by atoms with Crippen LogP contribution in [0.5, 0.6) is 0 Å². The molecule has 0 spiro atoms. The van der Waals surface area contributed by atoms with Crippen molar-refractivity contribution in [2.45, 2.75) is 78.8 Å². The molecule has 0 aromatic heterocycles.